The number of nitrogens with one attached hydrogen (secondary N) is 1. The van der Waals surface area contributed by atoms with Crippen LogP contribution in [0.15, 0.2) is 0 Å². The Bertz CT molecular complexity index is 522. The lowest BCUT2D eigenvalue weighted by atomic mass is 9.99. The zero-order valence-electron chi connectivity index (χ0n) is 14.2. The highest BCUT2D eigenvalue weighted by Crippen LogP contribution is 2.27. The van der Waals surface area contributed by atoms with E-state index >= 15 is 0 Å². The number of hydrogen-bond donors (Lipinski definition) is 2. The molecule has 0 aliphatic carbocycles. The number of rotatable bonds is 6. The van der Waals surface area contributed by atoms with Crippen LogP contribution in [0.2, 0.25) is 0 Å². The standard InChI is InChI=1S/C14H21NO10/c1-6(16)15-25-13-12(22-8(3)18)11(20)10(5-21-7(2)17)24-14(13)23-9(4)19/h10-14,20H,5H2,1-4H3,(H,15,16)/t10-,11-,12+,13-,14?/m1/s1. The van der Waals surface area contributed by atoms with Gasteiger partial charge < -0.3 is 24.1 Å². The van der Waals surface area contributed by atoms with Crippen molar-refractivity contribution in [2.75, 3.05) is 6.61 Å². The Morgan fingerprint density at radius 3 is 2.04 bits per heavy atom. The number of esters is 3. The average Bonchev–Trinajstić information content (AvgIpc) is 2.46. The van der Waals surface area contributed by atoms with Crippen molar-refractivity contribution in [1.29, 1.82) is 0 Å². The van der Waals surface area contributed by atoms with Crippen molar-refractivity contribution in [3.63, 3.8) is 0 Å². The Morgan fingerprint density at radius 1 is 0.960 bits per heavy atom. The first-order valence-corrected chi connectivity index (χ1v) is 7.35. The van der Waals surface area contributed by atoms with Crippen LogP contribution in [0.1, 0.15) is 27.7 Å². The number of amides is 1. The van der Waals surface area contributed by atoms with E-state index in [0.29, 0.717) is 0 Å². The molecule has 142 valence electrons. The molecule has 1 aliphatic heterocycles. The highest BCUT2D eigenvalue weighted by Gasteiger charge is 2.50. The molecule has 2 N–H and O–H groups in total. The first-order chi connectivity index (χ1) is 11.6. The molecule has 1 saturated heterocycles. The van der Waals surface area contributed by atoms with Gasteiger partial charge in [0.05, 0.1) is 0 Å². The largest absolute Gasteiger partial charge is 0.463 e. The van der Waals surface area contributed by atoms with Crippen LogP contribution in [0.25, 0.3) is 0 Å². The molecule has 25 heavy (non-hydrogen) atoms. The SMILES string of the molecule is CC(=O)NO[C@H]1C(OC(C)=O)O[C@H](COC(C)=O)[C@@H](O)[C@@H]1OC(C)=O. The summed E-state index contributed by atoms with van der Waals surface area (Å²) in [6.07, 6.45) is -6.77. The lowest BCUT2D eigenvalue weighted by molar-refractivity contribution is -0.310. The van der Waals surface area contributed by atoms with Gasteiger partial charge in [-0.05, 0) is 0 Å². The molecule has 11 heteroatoms. The second-order valence-electron chi connectivity index (χ2n) is 5.26. The number of hydroxylamine groups is 1. The van der Waals surface area contributed by atoms with Gasteiger partial charge in [0.15, 0.2) is 12.2 Å². The minimum atomic E-state index is -1.48. The van der Waals surface area contributed by atoms with E-state index in [4.69, 9.17) is 23.8 Å². The van der Waals surface area contributed by atoms with Crippen LogP contribution in [-0.4, -0.2) is 66.2 Å². The molecule has 0 aromatic carbocycles. The van der Waals surface area contributed by atoms with Gasteiger partial charge in [-0.3, -0.25) is 24.0 Å². The molecule has 0 bridgehead atoms. The minimum absolute atomic E-state index is 0.376. The molecule has 1 aliphatic rings. The van der Waals surface area contributed by atoms with Gasteiger partial charge in [0, 0.05) is 27.7 Å². The maximum atomic E-state index is 11.3. The van der Waals surface area contributed by atoms with E-state index in [0.717, 1.165) is 27.7 Å². The molecule has 0 aromatic heterocycles. The summed E-state index contributed by atoms with van der Waals surface area (Å²) < 4.78 is 20.1. The predicted octanol–water partition coefficient (Wildman–Crippen LogP) is -1.43. The van der Waals surface area contributed by atoms with Crippen molar-refractivity contribution < 1.29 is 48.1 Å². The molecule has 11 nitrogen and oxygen atoms in total. The van der Waals surface area contributed by atoms with E-state index in [1.54, 1.807) is 0 Å². The summed E-state index contributed by atoms with van der Waals surface area (Å²) in [6.45, 7) is 4.14. The van der Waals surface area contributed by atoms with Gasteiger partial charge in [0.2, 0.25) is 12.2 Å². The van der Waals surface area contributed by atoms with Gasteiger partial charge in [-0.25, -0.2) is 5.48 Å². The second-order valence-corrected chi connectivity index (χ2v) is 5.26. The van der Waals surface area contributed by atoms with Crippen LogP contribution in [-0.2, 0) is 43.0 Å². The van der Waals surface area contributed by atoms with Crippen molar-refractivity contribution in [2.45, 2.75) is 58.4 Å². The molecule has 0 radical (unpaired) electrons. The third-order valence-corrected chi connectivity index (χ3v) is 2.99. The molecule has 0 spiro atoms. The maximum absolute atomic E-state index is 11.3. The van der Waals surface area contributed by atoms with Gasteiger partial charge in [0.1, 0.15) is 18.8 Å². The fourth-order valence-electron chi connectivity index (χ4n) is 2.09. The summed E-state index contributed by atoms with van der Waals surface area (Å²) in [7, 11) is 0. The highest BCUT2D eigenvalue weighted by atomic mass is 16.8. The molecule has 1 amide bonds. The first-order valence-electron chi connectivity index (χ1n) is 7.35. The van der Waals surface area contributed by atoms with Crippen molar-refractivity contribution >= 4 is 23.8 Å². The molecular weight excluding hydrogens is 342 g/mol. The zero-order chi connectivity index (χ0) is 19.1. The Morgan fingerprint density at radius 2 is 1.56 bits per heavy atom. The van der Waals surface area contributed by atoms with Crippen molar-refractivity contribution in [1.82, 2.24) is 5.48 Å². The van der Waals surface area contributed by atoms with Gasteiger partial charge in [-0.1, -0.05) is 0 Å². The Balaban J connectivity index is 3.04. The van der Waals surface area contributed by atoms with E-state index in [1.165, 1.54) is 0 Å². The van der Waals surface area contributed by atoms with Gasteiger partial charge in [0.25, 0.3) is 0 Å². The number of carbonyl (C=O) groups excluding carboxylic acids is 4. The van der Waals surface area contributed by atoms with Crippen LogP contribution in [0, 0.1) is 0 Å². The summed E-state index contributed by atoms with van der Waals surface area (Å²) in [5.74, 6) is -2.71. The lowest BCUT2D eigenvalue weighted by Gasteiger charge is -2.42. The van der Waals surface area contributed by atoms with Crippen LogP contribution in [0.5, 0.6) is 0 Å². The summed E-state index contributed by atoms with van der Waals surface area (Å²) >= 11 is 0. The zero-order valence-corrected chi connectivity index (χ0v) is 14.2. The number of aliphatic hydroxyl groups excluding tert-OH is 1. The number of aliphatic hydroxyl groups is 1. The third-order valence-electron chi connectivity index (χ3n) is 2.99. The van der Waals surface area contributed by atoms with Crippen molar-refractivity contribution in [2.24, 2.45) is 0 Å². The average molecular weight is 363 g/mol. The number of hydrogen-bond acceptors (Lipinski definition) is 10. The minimum Gasteiger partial charge on any atom is -0.463 e. The van der Waals surface area contributed by atoms with Gasteiger partial charge in [-0.2, -0.15) is 0 Å². The second kappa shape index (κ2) is 9.30. The van der Waals surface area contributed by atoms with Crippen molar-refractivity contribution in [3.05, 3.63) is 0 Å². The van der Waals surface area contributed by atoms with E-state index in [2.05, 4.69) is 0 Å². The quantitative estimate of drug-likeness (QED) is 0.327. The summed E-state index contributed by atoms with van der Waals surface area (Å²) in [5, 5.41) is 10.4. The highest BCUT2D eigenvalue weighted by molar-refractivity contribution is 5.71. The van der Waals surface area contributed by atoms with Crippen LogP contribution < -0.4 is 5.48 Å². The topological polar surface area (TPSA) is 147 Å². The Labute approximate surface area is 143 Å². The molecular formula is C14H21NO10. The molecule has 5 atom stereocenters. The monoisotopic (exact) mass is 363 g/mol. The number of carbonyl (C=O) groups is 4. The van der Waals surface area contributed by atoms with Crippen LogP contribution in [0.4, 0.5) is 0 Å². The fourth-order valence-corrected chi connectivity index (χ4v) is 2.09. The predicted molar refractivity (Wildman–Crippen MR) is 77.3 cm³/mol. The third kappa shape index (κ3) is 6.64. The molecule has 1 rings (SSSR count). The summed E-state index contributed by atoms with van der Waals surface area (Å²) in [4.78, 5) is 49.7. The molecule has 1 unspecified atom stereocenters. The van der Waals surface area contributed by atoms with Crippen LogP contribution in [0.3, 0.4) is 0 Å². The van der Waals surface area contributed by atoms with E-state index < -0.39 is 54.5 Å². The first kappa shape index (κ1) is 20.8. The van der Waals surface area contributed by atoms with Crippen molar-refractivity contribution in [3.8, 4) is 0 Å². The van der Waals surface area contributed by atoms with E-state index in [-0.39, 0.29) is 6.61 Å². The molecule has 0 saturated carbocycles. The normalized spacial score (nSPS) is 28.6. The van der Waals surface area contributed by atoms with Gasteiger partial charge in [-0.15, -0.1) is 0 Å². The molecule has 1 heterocycles. The maximum Gasteiger partial charge on any atom is 0.305 e. The van der Waals surface area contributed by atoms with E-state index in [9.17, 15) is 24.3 Å². The number of ether oxygens (including phenoxy) is 4. The smallest absolute Gasteiger partial charge is 0.305 e. The summed E-state index contributed by atoms with van der Waals surface area (Å²) in [5.41, 5.74) is 2.01. The van der Waals surface area contributed by atoms with Gasteiger partial charge >= 0.3 is 17.9 Å². The molecule has 1 fully saturated rings. The lowest BCUT2D eigenvalue weighted by Crippen LogP contribution is -2.62. The summed E-state index contributed by atoms with van der Waals surface area (Å²) in [6, 6.07) is 0. The Kier molecular flexibility index (Phi) is 7.74. The van der Waals surface area contributed by atoms with E-state index in [1.807, 2.05) is 5.48 Å². The Hall–Kier alpha value is -2.24. The fraction of sp³-hybridized carbons (Fsp3) is 0.714. The van der Waals surface area contributed by atoms with Crippen LogP contribution >= 0.6 is 0 Å². The molecule has 0 aromatic rings.